The Hall–Kier alpha value is -2.45. The lowest BCUT2D eigenvalue weighted by molar-refractivity contribution is -0.152. The number of alkyl halides is 3. The van der Waals surface area contributed by atoms with Gasteiger partial charge >= 0.3 is 12.1 Å². The number of hydrogen-bond donors (Lipinski definition) is 1. The van der Waals surface area contributed by atoms with Crippen LogP contribution < -0.4 is 0 Å². The molecule has 2 aromatic carbocycles. The van der Waals surface area contributed by atoms with Crippen LogP contribution in [0.4, 0.5) is 17.6 Å². The maximum absolute atomic E-state index is 14.6. The summed E-state index contributed by atoms with van der Waals surface area (Å²) in [6, 6.07) is 5.82. The predicted molar refractivity (Wildman–Crippen MR) is 87.2 cm³/mol. The minimum Gasteiger partial charge on any atom is -0.467 e. The summed E-state index contributed by atoms with van der Waals surface area (Å²) < 4.78 is 64.7. The van der Waals surface area contributed by atoms with Gasteiger partial charge in [-0.15, -0.1) is 0 Å². The largest absolute Gasteiger partial charge is 0.467 e. The number of methoxy groups -OCH3 is 1. The Morgan fingerprint density at radius 2 is 1.96 bits per heavy atom. The van der Waals surface area contributed by atoms with E-state index in [-0.39, 0.29) is 5.56 Å². The van der Waals surface area contributed by atoms with Gasteiger partial charge in [0.05, 0.1) is 25.9 Å². The summed E-state index contributed by atoms with van der Waals surface area (Å²) in [4.78, 5) is 11.7. The maximum Gasteiger partial charge on any atom is 0.416 e. The monoisotopic (exact) mass is 384 g/mol. The highest BCUT2D eigenvalue weighted by Gasteiger charge is 2.39. The summed E-state index contributed by atoms with van der Waals surface area (Å²) in [5, 5.41) is 10.2. The van der Waals surface area contributed by atoms with E-state index < -0.39 is 40.8 Å². The second kappa shape index (κ2) is 7.28. The van der Waals surface area contributed by atoms with Gasteiger partial charge in [0, 0.05) is 11.1 Å². The Labute approximate surface area is 152 Å². The van der Waals surface area contributed by atoms with Crippen molar-refractivity contribution in [3.63, 3.8) is 0 Å². The molecule has 1 aliphatic heterocycles. The van der Waals surface area contributed by atoms with E-state index in [4.69, 9.17) is 4.74 Å². The van der Waals surface area contributed by atoms with Gasteiger partial charge in [-0.05, 0) is 35.2 Å². The summed E-state index contributed by atoms with van der Waals surface area (Å²) in [7, 11) is 0.927. The SMILES string of the molecule is COC(=O)C(O)c1c(C(F)(F)F)ccc(F)c1-c1ccc2c(c1)CCOC2. The van der Waals surface area contributed by atoms with Crippen molar-refractivity contribution in [2.24, 2.45) is 0 Å². The molecule has 1 heterocycles. The predicted octanol–water partition coefficient (Wildman–Crippen LogP) is 3.79. The van der Waals surface area contributed by atoms with Crippen molar-refractivity contribution < 1.29 is 36.9 Å². The van der Waals surface area contributed by atoms with E-state index in [2.05, 4.69) is 4.74 Å². The highest BCUT2D eigenvalue weighted by atomic mass is 19.4. The van der Waals surface area contributed by atoms with Gasteiger partial charge in [0.1, 0.15) is 5.82 Å². The van der Waals surface area contributed by atoms with Crippen molar-refractivity contribution in [1.29, 1.82) is 0 Å². The summed E-state index contributed by atoms with van der Waals surface area (Å²) in [5.74, 6) is -2.29. The van der Waals surface area contributed by atoms with Crippen LogP contribution in [0.2, 0.25) is 0 Å². The molecule has 0 radical (unpaired) electrons. The van der Waals surface area contributed by atoms with Gasteiger partial charge < -0.3 is 14.6 Å². The molecule has 1 aliphatic rings. The Bertz CT molecular complexity index is 877. The molecule has 1 atom stereocenters. The Balaban J connectivity index is 2.27. The van der Waals surface area contributed by atoms with Gasteiger partial charge in [-0.3, -0.25) is 0 Å². The van der Waals surface area contributed by atoms with Crippen molar-refractivity contribution in [2.45, 2.75) is 25.3 Å². The number of rotatable bonds is 3. The van der Waals surface area contributed by atoms with Gasteiger partial charge in [-0.2, -0.15) is 13.2 Å². The van der Waals surface area contributed by atoms with Crippen molar-refractivity contribution in [3.8, 4) is 11.1 Å². The van der Waals surface area contributed by atoms with Gasteiger partial charge in [0.25, 0.3) is 0 Å². The van der Waals surface area contributed by atoms with Crippen LogP contribution in [0, 0.1) is 5.82 Å². The van der Waals surface area contributed by atoms with Crippen LogP contribution in [0.3, 0.4) is 0 Å². The third kappa shape index (κ3) is 3.68. The molecule has 0 saturated carbocycles. The molecule has 144 valence electrons. The number of fused-ring (bicyclic) bond motifs is 1. The molecule has 3 rings (SSSR count). The number of halogens is 4. The zero-order chi connectivity index (χ0) is 19.8. The molecular formula is C19H16F4O4. The molecule has 8 heteroatoms. The molecule has 0 bridgehead atoms. The normalized spacial score (nSPS) is 15.2. The first-order chi connectivity index (χ1) is 12.7. The van der Waals surface area contributed by atoms with E-state index >= 15 is 0 Å². The van der Waals surface area contributed by atoms with Gasteiger partial charge in [0.15, 0.2) is 6.10 Å². The van der Waals surface area contributed by atoms with Gasteiger partial charge in [-0.1, -0.05) is 18.2 Å². The van der Waals surface area contributed by atoms with Crippen LogP contribution in [0.1, 0.15) is 28.4 Å². The molecule has 27 heavy (non-hydrogen) atoms. The van der Waals surface area contributed by atoms with Crippen molar-refractivity contribution in [3.05, 3.63) is 58.4 Å². The van der Waals surface area contributed by atoms with Crippen molar-refractivity contribution in [1.82, 2.24) is 0 Å². The van der Waals surface area contributed by atoms with Crippen LogP contribution in [-0.2, 0) is 33.5 Å². The van der Waals surface area contributed by atoms with E-state index in [1.807, 2.05) is 0 Å². The first-order valence-electron chi connectivity index (χ1n) is 8.09. The van der Waals surface area contributed by atoms with Crippen LogP contribution in [-0.4, -0.2) is 24.8 Å². The molecule has 2 aromatic rings. The van der Waals surface area contributed by atoms with Crippen LogP contribution in [0.15, 0.2) is 30.3 Å². The van der Waals surface area contributed by atoms with E-state index in [0.29, 0.717) is 31.8 Å². The van der Waals surface area contributed by atoms with E-state index in [0.717, 1.165) is 18.2 Å². The fourth-order valence-electron chi connectivity index (χ4n) is 3.17. The highest BCUT2D eigenvalue weighted by molar-refractivity contribution is 5.82. The number of aliphatic hydroxyl groups is 1. The molecule has 0 fully saturated rings. The number of aliphatic hydroxyl groups excluding tert-OH is 1. The number of hydrogen-bond acceptors (Lipinski definition) is 4. The second-order valence-corrected chi connectivity index (χ2v) is 6.09. The summed E-state index contributed by atoms with van der Waals surface area (Å²) >= 11 is 0. The van der Waals surface area contributed by atoms with Crippen molar-refractivity contribution in [2.75, 3.05) is 13.7 Å². The van der Waals surface area contributed by atoms with Crippen molar-refractivity contribution >= 4 is 5.97 Å². The number of ether oxygens (including phenoxy) is 2. The average molecular weight is 384 g/mol. The van der Waals surface area contributed by atoms with E-state index in [1.54, 1.807) is 12.1 Å². The standard InChI is InChI=1S/C19H16F4O4/c1-26-18(25)17(24)16-13(19(21,22)23)4-5-14(20)15(16)11-2-3-12-9-27-7-6-10(12)8-11/h2-5,8,17,24H,6-7,9H2,1H3. The minimum absolute atomic E-state index is 0.136. The molecule has 0 saturated heterocycles. The molecule has 0 amide bonds. The van der Waals surface area contributed by atoms with Crippen LogP contribution in [0.25, 0.3) is 11.1 Å². The lowest BCUT2D eigenvalue weighted by atomic mass is 9.88. The van der Waals surface area contributed by atoms with E-state index in [1.165, 1.54) is 6.07 Å². The Morgan fingerprint density at radius 3 is 2.63 bits per heavy atom. The fraction of sp³-hybridized carbons (Fsp3) is 0.316. The number of benzene rings is 2. The van der Waals surface area contributed by atoms with E-state index in [9.17, 15) is 27.5 Å². The average Bonchev–Trinajstić information content (AvgIpc) is 2.65. The highest BCUT2D eigenvalue weighted by Crippen LogP contribution is 2.42. The second-order valence-electron chi connectivity index (χ2n) is 6.09. The van der Waals surface area contributed by atoms with Crippen LogP contribution >= 0.6 is 0 Å². The molecule has 4 nitrogen and oxygen atoms in total. The summed E-state index contributed by atoms with van der Waals surface area (Å²) in [5.41, 5.74) is -0.824. The number of esters is 1. The summed E-state index contributed by atoms with van der Waals surface area (Å²) in [6.45, 7) is 0.803. The zero-order valence-electron chi connectivity index (χ0n) is 14.3. The smallest absolute Gasteiger partial charge is 0.416 e. The first-order valence-corrected chi connectivity index (χ1v) is 8.09. The third-order valence-corrected chi connectivity index (χ3v) is 4.47. The van der Waals surface area contributed by atoms with Gasteiger partial charge in [-0.25, -0.2) is 9.18 Å². The summed E-state index contributed by atoms with van der Waals surface area (Å²) in [6.07, 6.45) is -6.65. The number of carbonyl (C=O) groups is 1. The van der Waals surface area contributed by atoms with Crippen LogP contribution in [0.5, 0.6) is 0 Å². The molecular weight excluding hydrogens is 368 g/mol. The maximum atomic E-state index is 14.6. The Kier molecular flexibility index (Phi) is 5.21. The topological polar surface area (TPSA) is 55.8 Å². The molecule has 0 aromatic heterocycles. The number of carbonyl (C=O) groups excluding carboxylic acids is 1. The quantitative estimate of drug-likeness (QED) is 0.646. The zero-order valence-corrected chi connectivity index (χ0v) is 14.3. The third-order valence-electron chi connectivity index (χ3n) is 4.47. The first kappa shape index (κ1) is 19.3. The molecule has 0 spiro atoms. The lowest BCUT2D eigenvalue weighted by Gasteiger charge is -2.22. The minimum atomic E-state index is -4.89. The van der Waals surface area contributed by atoms with Gasteiger partial charge in [0.2, 0.25) is 0 Å². The fourth-order valence-corrected chi connectivity index (χ4v) is 3.17. The Morgan fingerprint density at radius 1 is 1.22 bits per heavy atom. The molecule has 1 unspecified atom stereocenters. The lowest BCUT2D eigenvalue weighted by Crippen LogP contribution is -2.21. The molecule has 0 aliphatic carbocycles. The molecule has 1 N–H and O–H groups in total.